The van der Waals surface area contributed by atoms with Gasteiger partial charge >= 0.3 is 0 Å². The molecule has 7 heteroatoms. The van der Waals surface area contributed by atoms with Gasteiger partial charge in [-0.15, -0.1) is 0 Å². The number of nitrogens with zero attached hydrogens (tertiary/aromatic N) is 1. The van der Waals surface area contributed by atoms with E-state index in [9.17, 15) is 13.2 Å². The summed E-state index contributed by atoms with van der Waals surface area (Å²) >= 11 is 5.92. The fourth-order valence-corrected chi connectivity index (χ4v) is 4.79. The average molecular weight is 434 g/mol. The summed E-state index contributed by atoms with van der Waals surface area (Å²) in [6.45, 7) is 7.23. The summed E-state index contributed by atoms with van der Waals surface area (Å²) in [5.41, 5.74) is 1.39. The highest BCUT2D eigenvalue weighted by molar-refractivity contribution is 7.94. The molecule has 0 spiro atoms. The summed E-state index contributed by atoms with van der Waals surface area (Å²) < 4.78 is 30.0. The van der Waals surface area contributed by atoms with Gasteiger partial charge in [-0.1, -0.05) is 17.7 Å². The highest BCUT2D eigenvalue weighted by Crippen LogP contribution is 2.30. The van der Waals surface area contributed by atoms with E-state index in [-0.39, 0.29) is 11.7 Å². The van der Waals surface area contributed by atoms with Gasteiger partial charge in [0.25, 0.3) is 5.91 Å². The lowest BCUT2D eigenvalue weighted by Crippen LogP contribution is -2.53. The Bertz CT molecular complexity index is 1040. The fraction of sp³-hybridized carbons (Fsp3) is 0.318. The Morgan fingerprint density at radius 2 is 1.69 bits per heavy atom. The third-order valence-electron chi connectivity index (χ3n) is 4.65. The number of hydrogen-bond acceptors (Lipinski definition) is 4. The molecule has 0 radical (unpaired) electrons. The van der Waals surface area contributed by atoms with Crippen molar-refractivity contribution in [3.63, 3.8) is 0 Å². The van der Waals surface area contributed by atoms with Crippen LogP contribution < -0.4 is 9.64 Å². The molecule has 2 aromatic rings. The van der Waals surface area contributed by atoms with Gasteiger partial charge in [0.05, 0.1) is 11.8 Å². The van der Waals surface area contributed by atoms with E-state index in [1.807, 2.05) is 32.0 Å². The first kappa shape index (κ1) is 21.4. The molecule has 154 valence electrons. The summed E-state index contributed by atoms with van der Waals surface area (Å²) in [5.74, 6) is 0.0230. The van der Waals surface area contributed by atoms with Gasteiger partial charge in [0.15, 0.2) is 15.4 Å². The molecule has 0 saturated carbocycles. The standard InChI is InChI=1S/C22H24ClNO4S/c1-15-11-16(2)13-19(12-15)24(18-9-10-29(26,27)14-18)21(25)22(3,4)28-20-7-5-17(23)6-8-20/h5-13,18H,14H2,1-4H3. The fourth-order valence-electron chi connectivity index (χ4n) is 3.40. The van der Waals surface area contributed by atoms with E-state index in [2.05, 4.69) is 0 Å². The van der Waals surface area contributed by atoms with Crippen LogP contribution in [0.4, 0.5) is 5.69 Å². The van der Waals surface area contributed by atoms with Crippen LogP contribution in [0.5, 0.6) is 5.75 Å². The van der Waals surface area contributed by atoms with Crippen molar-refractivity contribution in [2.24, 2.45) is 0 Å². The number of rotatable bonds is 5. The number of carbonyl (C=O) groups excluding carboxylic acids is 1. The van der Waals surface area contributed by atoms with E-state index >= 15 is 0 Å². The zero-order valence-corrected chi connectivity index (χ0v) is 18.4. The number of carbonyl (C=O) groups is 1. The second-order valence-electron chi connectivity index (χ2n) is 7.81. The summed E-state index contributed by atoms with van der Waals surface area (Å²) in [6, 6.07) is 11.9. The van der Waals surface area contributed by atoms with Crippen LogP contribution in [-0.2, 0) is 14.6 Å². The number of hydrogen-bond donors (Lipinski definition) is 0. The van der Waals surface area contributed by atoms with Gasteiger partial charge in [0.1, 0.15) is 5.75 Å². The van der Waals surface area contributed by atoms with E-state index in [0.29, 0.717) is 16.5 Å². The Morgan fingerprint density at radius 3 is 2.21 bits per heavy atom. The third-order valence-corrected chi connectivity index (χ3v) is 6.28. The highest BCUT2D eigenvalue weighted by Gasteiger charge is 2.40. The van der Waals surface area contributed by atoms with Crippen molar-refractivity contribution < 1.29 is 17.9 Å². The predicted octanol–water partition coefficient (Wildman–Crippen LogP) is 4.46. The van der Waals surface area contributed by atoms with Crippen molar-refractivity contribution in [2.45, 2.75) is 39.3 Å². The number of aryl methyl sites for hydroxylation is 2. The van der Waals surface area contributed by atoms with Crippen molar-refractivity contribution in [1.82, 2.24) is 0 Å². The molecule has 1 unspecified atom stereocenters. The van der Waals surface area contributed by atoms with Gasteiger partial charge in [0, 0.05) is 16.1 Å². The number of ether oxygens (including phenoxy) is 1. The van der Waals surface area contributed by atoms with Crippen molar-refractivity contribution in [3.05, 3.63) is 70.1 Å². The quantitative estimate of drug-likeness (QED) is 0.698. The Morgan fingerprint density at radius 1 is 1.10 bits per heavy atom. The van der Waals surface area contributed by atoms with Gasteiger partial charge in [-0.3, -0.25) is 4.79 Å². The third kappa shape index (κ3) is 5.00. The summed E-state index contributed by atoms with van der Waals surface area (Å²) in [5, 5.41) is 1.74. The molecule has 1 amide bonds. The molecule has 0 aromatic heterocycles. The van der Waals surface area contributed by atoms with E-state index in [1.165, 1.54) is 10.3 Å². The summed E-state index contributed by atoms with van der Waals surface area (Å²) in [7, 11) is -3.34. The molecule has 0 bridgehead atoms. The van der Waals surface area contributed by atoms with Crippen LogP contribution in [0.1, 0.15) is 25.0 Å². The molecule has 3 rings (SSSR count). The molecule has 1 heterocycles. The van der Waals surface area contributed by atoms with Gasteiger partial charge in [-0.25, -0.2) is 8.42 Å². The van der Waals surface area contributed by atoms with Crippen LogP contribution in [0.2, 0.25) is 5.02 Å². The van der Waals surface area contributed by atoms with E-state index < -0.39 is 21.5 Å². The number of benzene rings is 2. The first-order valence-electron chi connectivity index (χ1n) is 9.24. The molecule has 0 fully saturated rings. The van der Waals surface area contributed by atoms with Crippen LogP contribution in [0, 0.1) is 13.8 Å². The van der Waals surface area contributed by atoms with E-state index in [1.54, 1.807) is 44.2 Å². The monoisotopic (exact) mass is 433 g/mol. The van der Waals surface area contributed by atoms with Gasteiger partial charge < -0.3 is 9.64 Å². The molecule has 2 aromatic carbocycles. The summed E-state index contributed by atoms with van der Waals surface area (Å²) in [6.07, 6.45) is 1.56. The normalized spacial score (nSPS) is 17.9. The molecular formula is C22H24ClNO4S. The SMILES string of the molecule is Cc1cc(C)cc(N(C(=O)C(C)(C)Oc2ccc(Cl)cc2)C2C=CS(=O)(=O)C2)c1. The van der Waals surface area contributed by atoms with E-state index in [4.69, 9.17) is 16.3 Å². The topological polar surface area (TPSA) is 63.7 Å². The maximum atomic E-state index is 13.6. The molecule has 0 N–H and O–H groups in total. The molecule has 1 aliphatic rings. The van der Waals surface area contributed by atoms with Crippen LogP contribution >= 0.6 is 11.6 Å². The smallest absolute Gasteiger partial charge is 0.271 e. The second-order valence-corrected chi connectivity index (χ2v) is 10.2. The second kappa shape index (κ2) is 7.84. The number of sulfone groups is 1. The van der Waals surface area contributed by atoms with Crippen molar-refractivity contribution in [3.8, 4) is 5.75 Å². The van der Waals surface area contributed by atoms with Gasteiger partial charge in [-0.2, -0.15) is 0 Å². The Kier molecular flexibility index (Phi) is 5.79. The zero-order chi connectivity index (χ0) is 21.4. The molecule has 1 aliphatic heterocycles. The predicted molar refractivity (Wildman–Crippen MR) is 116 cm³/mol. The van der Waals surface area contributed by atoms with Crippen molar-refractivity contribution >= 4 is 33.0 Å². The molecule has 0 aliphatic carbocycles. The Balaban J connectivity index is 1.99. The van der Waals surface area contributed by atoms with Crippen molar-refractivity contribution in [2.75, 3.05) is 10.7 Å². The largest absolute Gasteiger partial charge is 0.478 e. The minimum atomic E-state index is -3.34. The minimum absolute atomic E-state index is 0.150. The molecular weight excluding hydrogens is 410 g/mol. The Hall–Kier alpha value is -2.31. The van der Waals surface area contributed by atoms with Gasteiger partial charge in [0.2, 0.25) is 0 Å². The number of anilines is 1. The van der Waals surface area contributed by atoms with Crippen LogP contribution in [-0.4, -0.2) is 31.7 Å². The van der Waals surface area contributed by atoms with Crippen LogP contribution in [0.3, 0.4) is 0 Å². The number of amides is 1. The lowest BCUT2D eigenvalue weighted by Gasteiger charge is -2.35. The first-order valence-corrected chi connectivity index (χ1v) is 11.3. The maximum absolute atomic E-state index is 13.6. The minimum Gasteiger partial charge on any atom is -0.478 e. The lowest BCUT2D eigenvalue weighted by atomic mass is 10.0. The first-order chi connectivity index (χ1) is 13.5. The number of halogens is 1. The molecule has 1 atom stereocenters. The van der Waals surface area contributed by atoms with Crippen LogP contribution in [0.25, 0.3) is 0 Å². The zero-order valence-electron chi connectivity index (χ0n) is 16.8. The molecule has 29 heavy (non-hydrogen) atoms. The Labute approximate surface area is 176 Å². The van der Waals surface area contributed by atoms with Gasteiger partial charge in [-0.05, 0) is 81.3 Å². The van der Waals surface area contributed by atoms with Crippen LogP contribution in [0.15, 0.2) is 53.9 Å². The lowest BCUT2D eigenvalue weighted by molar-refractivity contribution is -0.131. The van der Waals surface area contributed by atoms with Crippen molar-refractivity contribution in [1.29, 1.82) is 0 Å². The summed E-state index contributed by atoms with van der Waals surface area (Å²) in [4.78, 5) is 15.1. The molecule has 5 nitrogen and oxygen atoms in total. The maximum Gasteiger partial charge on any atom is 0.271 e. The molecule has 0 saturated heterocycles. The highest BCUT2D eigenvalue weighted by atomic mass is 35.5. The van der Waals surface area contributed by atoms with E-state index in [0.717, 1.165) is 11.1 Å². The average Bonchev–Trinajstić information content (AvgIpc) is 2.95.